The van der Waals surface area contributed by atoms with Crippen molar-refractivity contribution in [2.45, 2.75) is 11.3 Å². The summed E-state index contributed by atoms with van der Waals surface area (Å²) in [5.74, 6) is 0.0830. The van der Waals surface area contributed by atoms with E-state index in [1.54, 1.807) is 17.8 Å². The molecule has 0 aliphatic carbocycles. The van der Waals surface area contributed by atoms with Crippen LogP contribution in [0, 0.1) is 0 Å². The summed E-state index contributed by atoms with van der Waals surface area (Å²) in [6, 6.07) is 3.23. The molecule has 1 heterocycles. The molecule has 2 nitrogen and oxygen atoms in total. The Morgan fingerprint density at radius 2 is 2.31 bits per heavy atom. The number of carboxylic acid groups (broad SMARTS) is 1. The van der Waals surface area contributed by atoms with Gasteiger partial charge in [0.1, 0.15) is 0 Å². The molecule has 1 aromatic carbocycles. The Kier molecular flexibility index (Phi) is 2.22. The quantitative estimate of drug-likeness (QED) is 0.781. The molecule has 0 radical (unpaired) electrons. The maximum atomic E-state index is 10.7. The van der Waals surface area contributed by atoms with E-state index < -0.39 is 5.97 Å². The zero-order valence-electron chi connectivity index (χ0n) is 6.71. The van der Waals surface area contributed by atoms with Gasteiger partial charge in [0, 0.05) is 10.6 Å². The number of benzene rings is 1. The van der Waals surface area contributed by atoms with E-state index in [9.17, 15) is 4.79 Å². The molecule has 0 amide bonds. The fourth-order valence-electron chi connectivity index (χ4n) is 1.38. The maximum Gasteiger partial charge on any atom is 0.335 e. The van der Waals surface area contributed by atoms with Crippen LogP contribution in [0.1, 0.15) is 15.9 Å². The van der Waals surface area contributed by atoms with Gasteiger partial charge in [0.2, 0.25) is 0 Å². The summed E-state index contributed by atoms with van der Waals surface area (Å²) in [5, 5.41) is 9.34. The maximum absolute atomic E-state index is 10.7. The minimum Gasteiger partial charge on any atom is -0.478 e. The van der Waals surface area contributed by atoms with E-state index in [4.69, 9.17) is 16.7 Å². The van der Waals surface area contributed by atoms with Crippen molar-refractivity contribution in [2.24, 2.45) is 0 Å². The van der Waals surface area contributed by atoms with Crippen LogP contribution in [0.5, 0.6) is 0 Å². The first kappa shape index (κ1) is 8.91. The second-order valence-electron chi connectivity index (χ2n) is 2.85. The normalized spacial score (nSPS) is 14.2. The molecule has 1 aromatic rings. The number of aromatic carboxylic acids is 1. The zero-order valence-corrected chi connectivity index (χ0v) is 8.28. The first-order valence-corrected chi connectivity index (χ1v) is 5.23. The fourth-order valence-corrected chi connectivity index (χ4v) is 2.86. The zero-order chi connectivity index (χ0) is 9.42. The highest BCUT2D eigenvalue weighted by atomic mass is 35.5. The summed E-state index contributed by atoms with van der Waals surface area (Å²) in [4.78, 5) is 11.7. The standard InChI is InChI=1S/C9H7ClO2S/c10-7-4-6(9(11)12)3-5-1-2-13-8(5)7/h3-4H,1-2H2,(H,11,12). The molecular weight excluding hydrogens is 208 g/mol. The van der Waals surface area contributed by atoms with Gasteiger partial charge in [-0.15, -0.1) is 11.8 Å². The van der Waals surface area contributed by atoms with Gasteiger partial charge in [0.25, 0.3) is 0 Å². The molecule has 0 bridgehead atoms. The van der Waals surface area contributed by atoms with Gasteiger partial charge in [-0.1, -0.05) is 11.6 Å². The molecule has 0 atom stereocenters. The number of aryl methyl sites for hydroxylation is 1. The first-order chi connectivity index (χ1) is 6.18. The average Bonchev–Trinajstić information content (AvgIpc) is 2.51. The highest BCUT2D eigenvalue weighted by molar-refractivity contribution is 7.99. The number of carbonyl (C=O) groups is 1. The summed E-state index contributed by atoms with van der Waals surface area (Å²) in [7, 11) is 0. The van der Waals surface area contributed by atoms with E-state index in [-0.39, 0.29) is 5.56 Å². The molecule has 1 N–H and O–H groups in total. The van der Waals surface area contributed by atoms with Crippen LogP contribution in [0.25, 0.3) is 0 Å². The van der Waals surface area contributed by atoms with Crippen molar-refractivity contribution in [3.63, 3.8) is 0 Å². The lowest BCUT2D eigenvalue weighted by atomic mass is 10.1. The monoisotopic (exact) mass is 214 g/mol. The Bertz CT molecular complexity index is 376. The van der Waals surface area contributed by atoms with E-state index in [1.807, 2.05) is 0 Å². The van der Waals surface area contributed by atoms with Gasteiger partial charge >= 0.3 is 5.97 Å². The third kappa shape index (κ3) is 1.54. The van der Waals surface area contributed by atoms with Crippen LogP contribution in [0.2, 0.25) is 5.02 Å². The van der Waals surface area contributed by atoms with E-state index >= 15 is 0 Å². The topological polar surface area (TPSA) is 37.3 Å². The lowest BCUT2D eigenvalue weighted by molar-refractivity contribution is 0.0696. The third-order valence-electron chi connectivity index (χ3n) is 1.99. The number of halogens is 1. The van der Waals surface area contributed by atoms with Crippen molar-refractivity contribution >= 4 is 29.3 Å². The van der Waals surface area contributed by atoms with Crippen LogP contribution in [-0.2, 0) is 6.42 Å². The van der Waals surface area contributed by atoms with Crippen LogP contribution < -0.4 is 0 Å². The first-order valence-electron chi connectivity index (χ1n) is 3.87. The number of thioether (sulfide) groups is 1. The van der Waals surface area contributed by atoms with Crippen LogP contribution in [0.4, 0.5) is 0 Å². The van der Waals surface area contributed by atoms with Crippen molar-refractivity contribution in [1.82, 2.24) is 0 Å². The summed E-state index contributed by atoms with van der Waals surface area (Å²) < 4.78 is 0. The average molecular weight is 215 g/mol. The Balaban J connectivity index is 2.55. The number of hydrogen-bond donors (Lipinski definition) is 1. The summed E-state index contributed by atoms with van der Waals surface area (Å²) in [5.41, 5.74) is 1.35. The fraction of sp³-hybridized carbons (Fsp3) is 0.222. The molecule has 4 heteroatoms. The lowest BCUT2D eigenvalue weighted by Gasteiger charge is -2.02. The number of carboxylic acids is 1. The number of hydrogen-bond acceptors (Lipinski definition) is 2. The molecule has 0 spiro atoms. The molecule has 0 saturated heterocycles. The van der Waals surface area contributed by atoms with Crippen molar-refractivity contribution in [3.05, 3.63) is 28.3 Å². The third-order valence-corrected chi connectivity index (χ3v) is 3.57. The Morgan fingerprint density at radius 1 is 1.54 bits per heavy atom. The molecule has 2 rings (SSSR count). The van der Waals surface area contributed by atoms with Crippen LogP contribution in [0.15, 0.2) is 17.0 Å². The Labute approximate surface area is 84.9 Å². The molecule has 13 heavy (non-hydrogen) atoms. The molecule has 1 aliphatic rings. The minimum absolute atomic E-state index is 0.284. The highest BCUT2D eigenvalue weighted by Gasteiger charge is 2.17. The SMILES string of the molecule is O=C(O)c1cc(Cl)c2c(c1)CCS2. The van der Waals surface area contributed by atoms with E-state index in [0.29, 0.717) is 5.02 Å². The summed E-state index contributed by atoms with van der Waals surface area (Å²) >= 11 is 7.62. The van der Waals surface area contributed by atoms with Gasteiger partial charge < -0.3 is 5.11 Å². The van der Waals surface area contributed by atoms with Crippen LogP contribution in [-0.4, -0.2) is 16.8 Å². The highest BCUT2D eigenvalue weighted by Crippen LogP contribution is 2.37. The smallest absolute Gasteiger partial charge is 0.335 e. The van der Waals surface area contributed by atoms with Crippen molar-refractivity contribution < 1.29 is 9.90 Å². The minimum atomic E-state index is -0.915. The van der Waals surface area contributed by atoms with E-state index in [2.05, 4.69) is 0 Å². The molecule has 0 aromatic heterocycles. The Hall–Kier alpha value is -0.670. The van der Waals surface area contributed by atoms with Gasteiger partial charge in [-0.25, -0.2) is 4.79 Å². The second kappa shape index (κ2) is 3.24. The van der Waals surface area contributed by atoms with Crippen molar-refractivity contribution in [1.29, 1.82) is 0 Å². The summed E-state index contributed by atoms with van der Waals surface area (Å²) in [6.07, 6.45) is 0.917. The molecular formula is C9H7ClO2S. The van der Waals surface area contributed by atoms with Crippen LogP contribution in [0.3, 0.4) is 0 Å². The van der Waals surface area contributed by atoms with Crippen molar-refractivity contribution in [2.75, 3.05) is 5.75 Å². The second-order valence-corrected chi connectivity index (χ2v) is 4.36. The molecule has 68 valence electrons. The predicted octanol–water partition coefficient (Wildman–Crippen LogP) is 2.69. The van der Waals surface area contributed by atoms with Gasteiger partial charge in [-0.3, -0.25) is 0 Å². The molecule has 0 unspecified atom stereocenters. The van der Waals surface area contributed by atoms with Gasteiger partial charge in [-0.2, -0.15) is 0 Å². The van der Waals surface area contributed by atoms with Gasteiger partial charge in [0.05, 0.1) is 10.6 Å². The summed E-state index contributed by atoms with van der Waals surface area (Å²) in [6.45, 7) is 0. The van der Waals surface area contributed by atoms with Gasteiger partial charge in [-0.05, 0) is 24.1 Å². The largest absolute Gasteiger partial charge is 0.478 e. The predicted molar refractivity (Wildman–Crippen MR) is 52.8 cm³/mol. The van der Waals surface area contributed by atoms with Crippen molar-refractivity contribution in [3.8, 4) is 0 Å². The molecule has 0 fully saturated rings. The lowest BCUT2D eigenvalue weighted by Crippen LogP contribution is -1.97. The Morgan fingerprint density at radius 3 is 3.00 bits per heavy atom. The van der Waals surface area contributed by atoms with E-state index in [0.717, 1.165) is 22.6 Å². The number of fused-ring (bicyclic) bond motifs is 1. The number of rotatable bonds is 1. The molecule has 0 saturated carbocycles. The van der Waals surface area contributed by atoms with E-state index in [1.165, 1.54) is 6.07 Å². The molecule has 1 aliphatic heterocycles. The van der Waals surface area contributed by atoms with Gasteiger partial charge in [0.15, 0.2) is 0 Å². The van der Waals surface area contributed by atoms with Crippen LogP contribution >= 0.6 is 23.4 Å².